The van der Waals surface area contributed by atoms with E-state index < -0.39 is 10.4 Å². The van der Waals surface area contributed by atoms with Crippen LogP contribution in [0.3, 0.4) is 0 Å². The summed E-state index contributed by atoms with van der Waals surface area (Å²) in [4.78, 5) is 0. The molecular formula is C12H31Na5O4S. The van der Waals surface area contributed by atoms with E-state index in [0.717, 1.165) is 12.8 Å². The molecule has 0 unspecified atom stereocenters. The second-order valence-corrected chi connectivity index (χ2v) is 5.52. The number of hydrogen-bond donors (Lipinski definition) is 1. The van der Waals surface area contributed by atoms with Gasteiger partial charge < -0.3 is 7.13 Å². The smallest absolute Gasteiger partial charge is 1.00 e. The van der Waals surface area contributed by atoms with Gasteiger partial charge in [0.2, 0.25) is 0 Å². The van der Waals surface area contributed by atoms with E-state index >= 15 is 0 Å². The molecule has 0 saturated heterocycles. The molecule has 0 aromatic rings. The zero-order chi connectivity index (χ0) is 13.0. The summed E-state index contributed by atoms with van der Waals surface area (Å²) in [7, 11) is -4.23. The maximum absolute atomic E-state index is 10.2. The molecule has 0 atom stereocenters. The molecule has 0 amide bonds. The average Bonchev–Trinajstić information content (AvgIpc) is 2.24. The van der Waals surface area contributed by atoms with Gasteiger partial charge in [-0.05, 0) is 6.42 Å². The van der Waals surface area contributed by atoms with Crippen LogP contribution in [0.15, 0.2) is 0 Å². The standard InChI is InChI=1S/C12H26O4S.5Na.5H/c1-2-3-4-5-6-7-8-9-10-11-12-16-17(13,14)15;;;;;;;;;;/h2-12H2,1H3,(H,13,14,15);;;;;;;;;;/q;5*+1;5*-1. The molecule has 4 nitrogen and oxygen atoms in total. The third kappa shape index (κ3) is 39.8. The van der Waals surface area contributed by atoms with Crippen LogP contribution in [0.5, 0.6) is 0 Å². The van der Waals surface area contributed by atoms with Gasteiger partial charge in [-0.25, -0.2) is 4.18 Å². The molecule has 10 heteroatoms. The Hall–Kier alpha value is 4.87. The van der Waals surface area contributed by atoms with E-state index in [1.54, 1.807) is 0 Å². The summed E-state index contributed by atoms with van der Waals surface area (Å²) in [5.74, 6) is 0. The van der Waals surface area contributed by atoms with Gasteiger partial charge in [0.05, 0.1) is 6.61 Å². The van der Waals surface area contributed by atoms with Gasteiger partial charge >= 0.3 is 158 Å². The molecule has 0 rings (SSSR count). The molecule has 0 aliphatic heterocycles. The first kappa shape index (κ1) is 41.3. The van der Waals surface area contributed by atoms with Gasteiger partial charge in [-0.1, -0.05) is 64.7 Å². The Balaban J connectivity index is -0.0000000284. The van der Waals surface area contributed by atoms with Crippen LogP contribution in [0.25, 0.3) is 0 Å². The van der Waals surface area contributed by atoms with Gasteiger partial charge in [0.15, 0.2) is 0 Å². The van der Waals surface area contributed by atoms with E-state index in [9.17, 15) is 8.42 Å². The Labute approximate surface area is 255 Å². The molecule has 0 bridgehead atoms. The fraction of sp³-hybridized carbons (Fsp3) is 1.00. The molecule has 0 saturated carbocycles. The SMILES string of the molecule is CCCCCCCCCCCCOS(=O)(=O)O.[H-].[H-].[H-].[H-].[H-].[Na+].[Na+].[Na+].[Na+].[Na+]. The quantitative estimate of drug-likeness (QED) is 0.206. The topological polar surface area (TPSA) is 63.6 Å². The van der Waals surface area contributed by atoms with Crippen molar-refractivity contribution in [3.05, 3.63) is 0 Å². The largest absolute Gasteiger partial charge is 1.00 e. The molecule has 0 aliphatic rings. The van der Waals surface area contributed by atoms with E-state index in [1.807, 2.05) is 0 Å². The van der Waals surface area contributed by atoms with Gasteiger partial charge in [-0.15, -0.1) is 0 Å². The summed E-state index contributed by atoms with van der Waals surface area (Å²) < 4.78 is 33.0. The minimum atomic E-state index is -4.23. The van der Waals surface area contributed by atoms with Crippen molar-refractivity contribution in [1.82, 2.24) is 0 Å². The number of rotatable bonds is 12. The van der Waals surface area contributed by atoms with E-state index in [2.05, 4.69) is 11.1 Å². The van der Waals surface area contributed by atoms with Crippen molar-refractivity contribution in [2.24, 2.45) is 0 Å². The Morgan fingerprint density at radius 1 is 0.727 bits per heavy atom. The monoisotopic (exact) mass is 386 g/mol. The zero-order valence-corrected chi connectivity index (χ0v) is 26.7. The van der Waals surface area contributed by atoms with Crippen molar-refractivity contribution >= 4 is 10.4 Å². The first-order valence-electron chi connectivity index (χ1n) is 6.68. The summed E-state index contributed by atoms with van der Waals surface area (Å²) in [6, 6.07) is 0. The molecule has 0 aliphatic carbocycles. The average molecular weight is 386 g/mol. The van der Waals surface area contributed by atoms with Gasteiger partial charge in [0, 0.05) is 0 Å². The Bertz CT molecular complexity index is 285. The molecule has 0 spiro atoms. The van der Waals surface area contributed by atoms with Crippen molar-refractivity contribution in [3.63, 3.8) is 0 Å². The maximum Gasteiger partial charge on any atom is 1.00 e. The van der Waals surface area contributed by atoms with Crippen LogP contribution >= 0.6 is 0 Å². The summed E-state index contributed by atoms with van der Waals surface area (Å²) in [5, 5.41) is 0. The van der Waals surface area contributed by atoms with Crippen molar-refractivity contribution in [2.75, 3.05) is 6.61 Å². The minimum Gasteiger partial charge on any atom is -1.00 e. The first-order valence-corrected chi connectivity index (χ1v) is 8.04. The molecule has 22 heavy (non-hydrogen) atoms. The molecule has 0 fully saturated rings. The summed E-state index contributed by atoms with van der Waals surface area (Å²) in [5.41, 5.74) is 0. The van der Waals surface area contributed by atoms with Gasteiger partial charge in [0.1, 0.15) is 0 Å². The van der Waals surface area contributed by atoms with Crippen LogP contribution in [-0.4, -0.2) is 19.6 Å². The Morgan fingerprint density at radius 3 is 1.36 bits per heavy atom. The van der Waals surface area contributed by atoms with Gasteiger partial charge in [0.25, 0.3) is 0 Å². The fourth-order valence-corrected chi connectivity index (χ4v) is 2.08. The Morgan fingerprint density at radius 2 is 1.05 bits per heavy atom. The van der Waals surface area contributed by atoms with E-state index in [1.165, 1.54) is 44.9 Å². The third-order valence-corrected chi connectivity index (χ3v) is 3.19. The maximum atomic E-state index is 10.2. The van der Waals surface area contributed by atoms with Crippen molar-refractivity contribution < 1.29 is 172 Å². The first-order chi connectivity index (χ1) is 8.06. The zero-order valence-electron chi connectivity index (χ0n) is 20.9. The van der Waals surface area contributed by atoms with Crippen molar-refractivity contribution in [1.29, 1.82) is 0 Å². The van der Waals surface area contributed by atoms with Crippen LogP contribution in [0.2, 0.25) is 0 Å². The molecule has 0 radical (unpaired) electrons. The predicted molar refractivity (Wildman–Crippen MR) is 74.9 cm³/mol. The summed E-state index contributed by atoms with van der Waals surface area (Å²) in [6.45, 7) is 2.31. The van der Waals surface area contributed by atoms with Crippen LogP contribution in [0, 0.1) is 0 Å². The predicted octanol–water partition coefficient (Wildman–Crippen LogP) is -10.7. The molecule has 0 aromatic carbocycles. The molecule has 0 heterocycles. The summed E-state index contributed by atoms with van der Waals surface area (Å²) in [6.07, 6.45) is 11.9. The summed E-state index contributed by atoms with van der Waals surface area (Å²) >= 11 is 0. The normalized spacial score (nSPS) is 9.18. The Kier molecular flexibility index (Phi) is 57.4. The van der Waals surface area contributed by atoms with E-state index in [-0.39, 0.29) is 162 Å². The van der Waals surface area contributed by atoms with Crippen LogP contribution in [-0.2, 0) is 14.6 Å². The van der Waals surface area contributed by atoms with Crippen molar-refractivity contribution in [3.8, 4) is 0 Å². The van der Waals surface area contributed by atoms with E-state index in [0.29, 0.717) is 6.42 Å². The van der Waals surface area contributed by atoms with Crippen LogP contribution in [0.1, 0.15) is 78.3 Å². The minimum absolute atomic E-state index is 0. The van der Waals surface area contributed by atoms with Crippen LogP contribution < -0.4 is 148 Å². The molecular weight excluding hydrogens is 355 g/mol. The second-order valence-electron chi connectivity index (χ2n) is 4.43. The molecule has 0 aromatic heterocycles. The number of hydrogen-bond acceptors (Lipinski definition) is 3. The van der Waals surface area contributed by atoms with E-state index in [4.69, 9.17) is 4.55 Å². The van der Waals surface area contributed by atoms with Crippen molar-refractivity contribution in [2.45, 2.75) is 71.1 Å². The van der Waals surface area contributed by atoms with Gasteiger partial charge in [-0.2, -0.15) is 8.42 Å². The fourth-order valence-electron chi connectivity index (χ4n) is 1.75. The second kappa shape index (κ2) is 30.6. The third-order valence-electron chi connectivity index (χ3n) is 2.73. The molecule has 1 N–H and O–H groups in total. The van der Waals surface area contributed by atoms with Gasteiger partial charge in [-0.3, -0.25) is 4.55 Å². The van der Waals surface area contributed by atoms with Crippen LogP contribution in [0.4, 0.5) is 0 Å². The molecule has 114 valence electrons. The number of unbranched alkanes of at least 4 members (excludes halogenated alkanes) is 9.